The van der Waals surface area contributed by atoms with Gasteiger partial charge in [-0.1, -0.05) is 12.8 Å². The van der Waals surface area contributed by atoms with Crippen LogP contribution in [0.3, 0.4) is 0 Å². The third-order valence-electron chi connectivity index (χ3n) is 5.25. The molecule has 2 saturated carbocycles. The fourth-order valence-electron chi connectivity index (χ4n) is 3.95. The Labute approximate surface area is 135 Å². The maximum atomic E-state index is 12.2. The third kappa shape index (κ3) is 2.86. The zero-order chi connectivity index (χ0) is 15.6. The van der Waals surface area contributed by atoms with Crippen LogP contribution < -0.4 is 10.6 Å². The van der Waals surface area contributed by atoms with E-state index in [9.17, 15) is 4.79 Å². The molecule has 1 spiro atoms. The summed E-state index contributed by atoms with van der Waals surface area (Å²) in [4.78, 5) is 17.5. The minimum Gasteiger partial charge on any atom is -0.378 e. The van der Waals surface area contributed by atoms with E-state index < -0.39 is 0 Å². The molecule has 1 aromatic rings. The Morgan fingerprint density at radius 1 is 1.50 bits per heavy atom. The molecule has 2 aliphatic carbocycles. The third-order valence-corrected chi connectivity index (χ3v) is 6.18. The Morgan fingerprint density at radius 3 is 2.91 bits per heavy atom. The number of carbonyl (C=O) groups excluding carboxylic acids is 1. The number of urea groups is 1. The Kier molecular flexibility index (Phi) is 4.68. The number of ether oxygens (including phenoxy) is 1. The lowest BCUT2D eigenvalue weighted by molar-refractivity contribution is -0.126. The zero-order valence-electron chi connectivity index (χ0n) is 13.4. The van der Waals surface area contributed by atoms with Gasteiger partial charge in [0.2, 0.25) is 0 Å². The monoisotopic (exact) mass is 323 g/mol. The van der Waals surface area contributed by atoms with Crippen LogP contribution in [0.15, 0.2) is 5.51 Å². The smallest absolute Gasteiger partial charge is 0.315 e. The van der Waals surface area contributed by atoms with Crippen LogP contribution in [0, 0.1) is 12.3 Å². The highest BCUT2D eigenvalue weighted by molar-refractivity contribution is 7.09. The molecule has 2 fully saturated rings. The average molecular weight is 323 g/mol. The van der Waals surface area contributed by atoms with Crippen LogP contribution in [-0.4, -0.2) is 29.8 Å². The van der Waals surface area contributed by atoms with Crippen LogP contribution >= 0.6 is 11.3 Å². The second-order valence-electron chi connectivity index (χ2n) is 6.36. The number of rotatable bonds is 5. The number of nitrogens with zero attached hydrogens (tertiary/aromatic N) is 1. The molecular weight excluding hydrogens is 298 g/mol. The number of aryl methyl sites for hydroxylation is 1. The summed E-state index contributed by atoms with van der Waals surface area (Å²) in [5.41, 5.74) is 3.00. The van der Waals surface area contributed by atoms with Crippen molar-refractivity contribution >= 4 is 17.4 Å². The topological polar surface area (TPSA) is 63.2 Å². The maximum Gasteiger partial charge on any atom is 0.315 e. The van der Waals surface area contributed by atoms with Crippen molar-refractivity contribution in [2.24, 2.45) is 5.41 Å². The molecule has 0 radical (unpaired) electrons. The summed E-state index contributed by atoms with van der Waals surface area (Å²) in [6.45, 7) is 5.33. The van der Waals surface area contributed by atoms with Gasteiger partial charge in [-0.3, -0.25) is 0 Å². The van der Waals surface area contributed by atoms with Crippen LogP contribution in [0.4, 0.5) is 4.79 Å². The molecular formula is C16H25N3O2S. The average Bonchev–Trinajstić information content (AvgIpc) is 3.14. The van der Waals surface area contributed by atoms with Gasteiger partial charge in [-0.25, -0.2) is 9.78 Å². The summed E-state index contributed by atoms with van der Waals surface area (Å²) in [5.74, 6) is 0. The van der Waals surface area contributed by atoms with Crippen molar-refractivity contribution in [3.05, 3.63) is 16.1 Å². The second kappa shape index (κ2) is 6.54. The highest BCUT2D eigenvalue weighted by Gasteiger charge is 2.57. The van der Waals surface area contributed by atoms with Crippen molar-refractivity contribution in [1.82, 2.24) is 15.6 Å². The summed E-state index contributed by atoms with van der Waals surface area (Å²) >= 11 is 1.58. The molecule has 5 nitrogen and oxygen atoms in total. The summed E-state index contributed by atoms with van der Waals surface area (Å²) in [7, 11) is 0. The van der Waals surface area contributed by atoms with Gasteiger partial charge in [0.15, 0.2) is 0 Å². The first kappa shape index (κ1) is 15.7. The number of hydrogen-bond acceptors (Lipinski definition) is 4. The van der Waals surface area contributed by atoms with Gasteiger partial charge < -0.3 is 15.4 Å². The van der Waals surface area contributed by atoms with Gasteiger partial charge in [0.05, 0.1) is 23.9 Å². The van der Waals surface area contributed by atoms with Crippen molar-refractivity contribution in [2.75, 3.05) is 6.61 Å². The van der Waals surface area contributed by atoms with Gasteiger partial charge in [-0.15, -0.1) is 11.3 Å². The van der Waals surface area contributed by atoms with Crippen molar-refractivity contribution in [1.29, 1.82) is 0 Å². The van der Waals surface area contributed by atoms with Crippen molar-refractivity contribution in [2.45, 2.75) is 64.6 Å². The first-order valence-corrected chi connectivity index (χ1v) is 9.08. The second-order valence-corrected chi connectivity index (χ2v) is 7.30. The summed E-state index contributed by atoms with van der Waals surface area (Å²) < 4.78 is 5.88. The number of thiazole rings is 1. The first-order chi connectivity index (χ1) is 10.7. The highest BCUT2D eigenvalue weighted by Crippen LogP contribution is 2.54. The van der Waals surface area contributed by atoms with E-state index in [4.69, 9.17) is 4.74 Å². The number of aromatic nitrogens is 1. The van der Waals surface area contributed by atoms with Crippen molar-refractivity contribution in [3.8, 4) is 0 Å². The van der Waals surface area contributed by atoms with E-state index in [-0.39, 0.29) is 17.5 Å². The van der Waals surface area contributed by atoms with E-state index in [0.29, 0.717) is 12.6 Å². The molecule has 122 valence electrons. The van der Waals surface area contributed by atoms with E-state index in [0.717, 1.165) is 23.6 Å². The number of hydrogen-bond donors (Lipinski definition) is 2. The minimum atomic E-state index is -0.0703. The maximum absolute atomic E-state index is 12.2. The van der Waals surface area contributed by atoms with E-state index in [2.05, 4.69) is 15.6 Å². The molecule has 1 aromatic heterocycles. The lowest BCUT2D eigenvalue weighted by Crippen LogP contribution is -2.64. The zero-order valence-corrected chi connectivity index (χ0v) is 14.2. The lowest BCUT2D eigenvalue weighted by Gasteiger charge is -2.53. The minimum absolute atomic E-state index is 0.0703. The number of carbonyl (C=O) groups is 1. The standard InChI is InChI=1S/C16H25N3O2S/c1-3-21-14-8-13(16(14)6-4-5-7-16)19-15(20)17-9-12-11(2)18-10-22-12/h10,13-14H,3-9H2,1-2H3,(H2,17,19,20)/t13-,14-/m0/s1. The SMILES string of the molecule is CCO[C@H]1C[C@H](NC(=O)NCc2scnc2C)C12CCCC2. The lowest BCUT2D eigenvalue weighted by atomic mass is 9.60. The first-order valence-electron chi connectivity index (χ1n) is 8.20. The fourth-order valence-corrected chi connectivity index (χ4v) is 4.67. The molecule has 2 aliphatic rings. The van der Waals surface area contributed by atoms with Crippen LogP contribution in [0.25, 0.3) is 0 Å². The van der Waals surface area contributed by atoms with Crippen molar-refractivity contribution < 1.29 is 9.53 Å². The Bertz CT molecular complexity index is 525. The van der Waals surface area contributed by atoms with Gasteiger partial charge in [0.25, 0.3) is 0 Å². The molecule has 0 saturated heterocycles. The molecule has 0 unspecified atom stereocenters. The largest absolute Gasteiger partial charge is 0.378 e. The molecule has 3 rings (SSSR count). The van der Waals surface area contributed by atoms with Crippen LogP contribution in [0.1, 0.15) is 49.6 Å². The summed E-state index contributed by atoms with van der Waals surface area (Å²) in [5, 5.41) is 6.13. The van der Waals surface area contributed by atoms with E-state index >= 15 is 0 Å². The van der Waals surface area contributed by atoms with Gasteiger partial charge in [0.1, 0.15) is 0 Å². The predicted octanol–water partition coefficient (Wildman–Crippen LogP) is 2.99. The predicted molar refractivity (Wildman–Crippen MR) is 86.9 cm³/mol. The molecule has 2 atom stereocenters. The molecule has 2 amide bonds. The fraction of sp³-hybridized carbons (Fsp3) is 0.750. The van der Waals surface area contributed by atoms with Gasteiger partial charge in [-0.2, -0.15) is 0 Å². The molecule has 0 aromatic carbocycles. The van der Waals surface area contributed by atoms with Gasteiger partial charge >= 0.3 is 6.03 Å². The Balaban J connectivity index is 1.52. The summed E-state index contributed by atoms with van der Waals surface area (Å²) in [6, 6.07) is 0.188. The highest BCUT2D eigenvalue weighted by atomic mass is 32.1. The van der Waals surface area contributed by atoms with Gasteiger partial charge in [-0.05, 0) is 33.1 Å². The van der Waals surface area contributed by atoms with Crippen LogP contribution in [-0.2, 0) is 11.3 Å². The molecule has 2 N–H and O–H groups in total. The van der Waals surface area contributed by atoms with Crippen molar-refractivity contribution in [3.63, 3.8) is 0 Å². The molecule has 1 heterocycles. The van der Waals surface area contributed by atoms with Crippen LogP contribution in [0.5, 0.6) is 0 Å². The molecule has 0 bridgehead atoms. The Hall–Kier alpha value is -1.14. The number of amides is 2. The molecule has 22 heavy (non-hydrogen) atoms. The van der Waals surface area contributed by atoms with Crippen LogP contribution in [0.2, 0.25) is 0 Å². The van der Waals surface area contributed by atoms with E-state index in [1.54, 1.807) is 11.3 Å². The van der Waals surface area contributed by atoms with Gasteiger partial charge in [0, 0.05) is 22.9 Å². The molecule has 6 heteroatoms. The molecule has 0 aliphatic heterocycles. The number of nitrogens with one attached hydrogen (secondary N) is 2. The van der Waals surface area contributed by atoms with E-state index in [1.165, 1.54) is 25.7 Å². The summed E-state index contributed by atoms with van der Waals surface area (Å²) in [6.07, 6.45) is 6.13. The van der Waals surface area contributed by atoms with E-state index in [1.807, 2.05) is 19.4 Å². The quantitative estimate of drug-likeness (QED) is 0.875. The Morgan fingerprint density at radius 2 is 2.27 bits per heavy atom. The normalized spacial score (nSPS) is 25.9.